The maximum absolute atomic E-state index is 16.2. The minimum atomic E-state index is -2.53. The van der Waals surface area contributed by atoms with Gasteiger partial charge in [0.1, 0.15) is 17.3 Å². The quantitative estimate of drug-likeness (QED) is 0.512. The van der Waals surface area contributed by atoms with Crippen LogP contribution in [0.3, 0.4) is 0 Å². The Kier molecular flexibility index (Phi) is 7.78. The Morgan fingerprint density at radius 1 is 1.08 bits per heavy atom. The van der Waals surface area contributed by atoms with Crippen LogP contribution in [0, 0.1) is 5.82 Å². The van der Waals surface area contributed by atoms with E-state index in [4.69, 9.17) is 82.2 Å². The molecule has 162 valence electrons. The van der Waals surface area contributed by atoms with Gasteiger partial charge in [-0.1, -0.05) is 11.6 Å². The van der Waals surface area contributed by atoms with Crippen molar-refractivity contribution < 1.29 is 13.6 Å². The second kappa shape index (κ2) is 9.65. The Balaban J connectivity index is 1.80. The lowest BCUT2D eigenvalue weighted by Gasteiger charge is -2.56. The molecule has 36 heavy (non-hydrogen) atoms. The predicted octanol–water partition coefficient (Wildman–Crippen LogP) is -1.45. The number of amides is 1. The van der Waals surface area contributed by atoms with Crippen molar-refractivity contribution in [1.82, 2.24) is 20.2 Å². The van der Waals surface area contributed by atoms with E-state index < -0.39 is 51.4 Å². The van der Waals surface area contributed by atoms with Crippen LogP contribution in [0.5, 0.6) is 0 Å². The summed E-state index contributed by atoms with van der Waals surface area (Å²) >= 11 is 5.75. The molecular formula is C19H12B9ClF2N4O. The van der Waals surface area contributed by atoms with Gasteiger partial charge in [0.15, 0.2) is 0 Å². The average Bonchev–Trinajstić information content (AvgIpc) is 2.73. The normalized spacial score (nSPS) is 20.7. The van der Waals surface area contributed by atoms with E-state index in [1.165, 1.54) is 18.5 Å². The molecule has 1 amide bonds. The molecule has 3 rings (SSSR count). The van der Waals surface area contributed by atoms with Crippen molar-refractivity contribution in [2.45, 2.75) is 39.6 Å². The molecule has 18 radical (unpaired) electrons. The number of nitrogens with one attached hydrogen (secondary N) is 1. The van der Waals surface area contributed by atoms with Crippen molar-refractivity contribution in [1.29, 1.82) is 0 Å². The van der Waals surface area contributed by atoms with Crippen LogP contribution in [0.2, 0.25) is 5.02 Å². The lowest BCUT2D eigenvalue weighted by molar-refractivity contribution is 0.00897. The lowest BCUT2D eigenvalue weighted by Crippen LogP contribution is -2.73. The first-order chi connectivity index (χ1) is 16.3. The number of carbonyl (C=O) groups excluding carboxylic acids is 1. The largest absolute Gasteiger partial charge is 0.350 e. The summed E-state index contributed by atoms with van der Waals surface area (Å²) in [6.45, 7) is -0.311. The molecule has 1 unspecified atom stereocenters. The molecule has 1 aromatic heterocycles. The standard InChI is InChI=1S/C19H12B9ClF2N4O/c20-16(21)8-15(31,3-4-35(16)13(36)9-1-2-12(30)11(29)5-9)19(27,28)34-18(25,26)14-32-6-10(7-33-14)17(22,23)24/h1-2,5-7,34H,3-4,8H2. The van der Waals surface area contributed by atoms with Crippen LogP contribution in [-0.4, -0.2) is 114 Å². The van der Waals surface area contributed by atoms with E-state index in [0.29, 0.717) is 0 Å². The van der Waals surface area contributed by atoms with Crippen LogP contribution in [-0.2, 0) is 10.5 Å². The molecule has 1 fully saturated rings. The average molecular weight is 483 g/mol. The predicted molar refractivity (Wildman–Crippen MR) is 141 cm³/mol. The van der Waals surface area contributed by atoms with Gasteiger partial charge in [0, 0.05) is 24.5 Å². The van der Waals surface area contributed by atoms with Crippen molar-refractivity contribution in [3.05, 3.63) is 58.4 Å². The number of likely N-dealkylation sites (tertiary alicyclic amines) is 1. The van der Waals surface area contributed by atoms with Crippen LogP contribution >= 0.6 is 11.6 Å². The van der Waals surface area contributed by atoms with E-state index in [-0.39, 0.29) is 28.5 Å². The van der Waals surface area contributed by atoms with Gasteiger partial charge in [-0.15, -0.1) is 5.11 Å². The zero-order valence-corrected chi connectivity index (χ0v) is 19.8. The van der Waals surface area contributed by atoms with Crippen LogP contribution in [0.1, 0.15) is 34.6 Å². The smallest absolute Gasteiger partial charge is 0.253 e. The molecule has 2 heterocycles. The summed E-state index contributed by atoms with van der Waals surface area (Å²) in [5, 5.41) is -6.26. The van der Waals surface area contributed by atoms with E-state index in [9.17, 15) is 9.18 Å². The Bertz CT molecular complexity index is 1150. The topological polar surface area (TPSA) is 58.1 Å². The molecule has 1 saturated heterocycles. The highest BCUT2D eigenvalue weighted by Crippen LogP contribution is 2.41. The van der Waals surface area contributed by atoms with Gasteiger partial charge in [-0.2, -0.15) is 0 Å². The van der Waals surface area contributed by atoms with Crippen molar-refractivity contribution in [2.75, 3.05) is 6.54 Å². The van der Waals surface area contributed by atoms with Gasteiger partial charge in [0.05, 0.1) is 75.6 Å². The SMILES string of the molecule is [B]C([B])([B])c1cnc(C([B])([B])NC([B])([B])C2(F)CCN(C(=O)c3ccc(F)c(Cl)c3)C([B])([B])C2)nc1. The first kappa shape index (κ1) is 29.0. The molecule has 5 nitrogen and oxygen atoms in total. The number of hydrogen-bond donors (Lipinski definition) is 1. The number of halogens is 3. The first-order valence-electron chi connectivity index (χ1n) is 10.5. The highest BCUT2D eigenvalue weighted by molar-refractivity contribution is 6.58. The second-order valence-corrected chi connectivity index (χ2v) is 9.47. The fourth-order valence-corrected chi connectivity index (χ4v) is 4.01. The van der Waals surface area contributed by atoms with E-state index in [1.807, 2.05) is 0 Å². The minimum Gasteiger partial charge on any atom is -0.350 e. The molecule has 0 aliphatic carbocycles. The number of benzene rings is 1. The number of alkyl halides is 1. The molecule has 1 atom stereocenters. The molecule has 1 aliphatic heterocycles. The molecule has 0 saturated carbocycles. The minimum absolute atomic E-state index is 0.00194. The summed E-state index contributed by atoms with van der Waals surface area (Å²) in [7, 11) is 53.2. The summed E-state index contributed by atoms with van der Waals surface area (Å²) in [5.74, 6) is -1.66. The van der Waals surface area contributed by atoms with Gasteiger partial charge in [0.2, 0.25) is 0 Å². The summed E-state index contributed by atoms with van der Waals surface area (Å²) in [6, 6.07) is 3.31. The third kappa shape index (κ3) is 5.80. The van der Waals surface area contributed by atoms with E-state index in [2.05, 4.69) is 15.3 Å². The Labute approximate surface area is 226 Å². The maximum atomic E-state index is 16.2. The molecule has 17 heteroatoms. The van der Waals surface area contributed by atoms with Gasteiger partial charge < -0.3 is 10.2 Å². The second-order valence-electron chi connectivity index (χ2n) is 9.06. The fourth-order valence-electron chi connectivity index (χ4n) is 3.83. The van der Waals surface area contributed by atoms with Gasteiger partial charge in [0.25, 0.3) is 5.91 Å². The fraction of sp³-hybridized carbons (Fsp3) is 0.421. The number of piperidine rings is 1. The van der Waals surface area contributed by atoms with Gasteiger partial charge in [-0.25, -0.2) is 18.7 Å². The lowest BCUT2D eigenvalue weighted by atomic mass is 9.40. The summed E-state index contributed by atoms with van der Waals surface area (Å²) in [5.41, 5.74) is -2.37. The number of carbonyl (C=O) groups is 1. The van der Waals surface area contributed by atoms with Gasteiger partial charge in [-0.3, -0.25) is 4.79 Å². The Hall–Kier alpha value is -1.54. The highest BCUT2D eigenvalue weighted by atomic mass is 35.5. The molecule has 1 aromatic carbocycles. The highest BCUT2D eigenvalue weighted by Gasteiger charge is 2.53. The third-order valence-corrected chi connectivity index (χ3v) is 6.18. The number of hydrogen-bond acceptors (Lipinski definition) is 4. The zero-order chi connectivity index (χ0) is 27.3. The molecule has 1 N–H and O–H groups in total. The summed E-state index contributed by atoms with van der Waals surface area (Å²) < 4.78 is 29.7. The molecule has 1 aliphatic rings. The number of rotatable bonds is 6. The van der Waals surface area contributed by atoms with Crippen molar-refractivity contribution >= 4 is 88.1 Å². The summed E-state index contributed by atoms with van der Waals surface area (Å²) in [4.78, 5) is 21.8. The Morgan fingerprint density at radius 3 is 2.17 bits per heavy atom. The van der Waals surface area contributed by atoms with E-state index in [0.717, 1.165) is 17.0 Å². The van der Waals surface area contributed by atoms with Crippen LogP contribution in [0.25, 0.3) is 0 Å². The van der Waals surface area contributed by atoms with Gasteiger partial charge >= 0.3 is 0 Å². The molecule has 2 aromatic rings. The first-order valence-corrected chi connectivity index (χ1v) is 10.9. The van der Waals surface area contributed by atoms with Gasteiger partial charge in [-0.05, 0) is 52.6 Å². The monoisotopic (exact) mass is 484 g/mol. The molecule has 0 spiro atoms. The number of nitrogens with zero attached hydrogens (tertiary/aromatic N) is 3. The van der Waals surface area contributed by atoms with Crippen LogP contribution in [0.15, 0.2) is 30.6 Å². The Morgan fingerprint density at radius 2 is 1.67 bits per heavy atom. The maximum Gasteiger partial charge on any atom is 0.253 e. The van der Waals surface area contributed by atoms with Crippen molar-refractivity contribution in [3.63, 3.8) is 0 Å². The summed E-state index contributed by atoms with van der Waals surface area (Å²) in [6.07, 6.45) is 1.20. The van der Waals surface area contributed by atoms with E-state index >= 15 is 4.39 Å². The van der Waals surface area contributed by atoms with E-state index in [1.54, 1.807) is 0 Å². The third-order valence-electron chi connectivity index (χ3n) is 5.89. The molecule has 0 bridgehead atoms. The van der Waals surface area contributed by atoms with Crippen molar-refractivity contribution in [2.24, 2.45) is 0 Å². The zero-order valence-electron chi connectivity index (χ0n) is 19.1. The van der Waals surface area contributed by atoms with Crippen LogP contribution < -0.4 is 5.32 Å². The molecular weight excluding hydrogens is 471 g/mol. The van der Waals surface area contributed by atoms with Crippen molar-refractivity contribution in [3.8, 4) is 0 Å². The van der Waals surface area contributed by atoms with Crippen LogP contribution in [0.4, 0.5) is 8.78 Å². The number of aromatic nitrogens is 2.